The van der Waals surface area contributed by atoms with E-state index in [0.717, 1.165) is 11.8 Å². The van der Waals surface area contributed by atoms with Gasteiger partial charge in [-0.05, 0) is 31.2 Å². The number of hydrogen-bond acceptors (Lipinski definition) is 2. The molecule has 1 unspecified atom stereocenters. The number of amides is 1. The first-order valence-corrected chi connectivity index (χ1v) is 8.65. The number of imidazole rings is 1. The summed E-state index contributed by atoms with van der Waals surface area (Å²) in [7, 11) is 0. The van der Waals surface area contributed by atoms with Gasteiger partial charge in [-0.15, -0.1) is 0 Å². The number of fused-ring (bicyclic) bond motifs is 1. The molecule has 0 saturated heterocycles. The number of hydrogen-bond donors (Lipinski definition) is 1. The van der Waals surface area contributed by atoms with Gasteiger partial charge >= 0.3 is 6.18 Å². The molecule has 1 amide bonds. The second kappa shape index (κ2) is 7.23. The number of halogens is 4. The number of aromatic nitrogens is 2. The maximum Gasteiger partial charge on any atom is 0.417 e. The van der Waals surface area contributed by atoms with Crippen LogP contribution in [0, 0.1) is 0 Å². The highest BCUT2D eigenvalue weighted by Crippen LogP contribution is 2.37. The first kappa shape index (κ1) is 19.2. The Hall–Kier alpha value is -2.54. The molecule has 1 aromatic heterocycles. The Morgan fingerprint density at radius 2 is 1.93 bits per heavy atom. The highest BCUT2D eigenvalue weighted by molar-refractivity contribution is 6.32. The van der Waals surface area contributed by atoms with Gasteiger partial charge in [0.15, 0.2) is 0 Å². The van der Waals surface area contributed by atoms with Gasteiger partial charge in [0.25, 0.3) is 0 Å². The SMILES string of the molecule is CC(=O)NC(C)Cc1nc2cc(C(F)(F)F)c(Cl)cc2n1-c1ccccc1. The maximum atomic E-state index is 13.2. The number of benzene rings is 2. The molecule has 0 bridgehead atoms. The van der Waals surface area contributed by atoms with Crippen LogP contribution in [0.15, 0.2) is 42.5 Å². The monoisotopic (exact) mass is 395 g/mol. The molecule has 8 heteroatoms. The number of rotatable bonds is 4. The van der Waals surface area contributed by atoms with Gasteiger partial charge in [0.2, 0.25) is 5.91 Å². The number of carbonyl (C=O) groups is 1. The van der Waals surface area contributed by atoms with Crippen molar-refractivity contribution in [1.29, 1.82) is 0 Å². The van der Waals surface area contributed by atoms with Gasteiger partial charge in [0, 0.05) is 25.1 Å². The van der Waals surface area contributed by atoms with Crippen molar-refractivity contribution in [1.82, 2.24) is 14.9 Å². The minimum Gasteiger partial charge on any atom is -0.353 e. The van der Waals surface area contributed by atoms with Crippen LogP contribution in [-0.4, -0.2) is 21.5 Å². The summed E-state index contributed by atoms with van der Waals surface area (Å²) in [6, 6.07) is 11.2. The summed E-state index contributed by atoms with van der Waals surface area (Å²) < 4.78 is 41.3. The highest BCUT2D eigenvalue weighted by atomic mass is 35.5. The quantitative estimate of drug-likeness (QED) is 0.692. The molecule has 1 atom stereocenters. The predicted molar refractivity (Wildman–Crippen MR) is 98.1 cm³/mol. The molecule has 3 aromatic rings. The van der Waals surface area contributed by atoms with E-state index in [0.29, 0.717) is 17.8 Å². The molecule has 0 saturated carbocycles. The molecular weight excluding hydrogens is 379 g/mol. The summed E-state index contributed by atoms with van der Waals surface area (Å²) in [6.45, 7) is 3.22. The normalized spacial score (nSPS) is 13.0. The predicted octanol–water partition coefficient (Wildman–Crippen LogP) is 4.76. The first-order valence-electron chi connectivity index (χ1n) is 8.27. The molecule has 1 heterocycles. The third kappa shape index (κ3) is 4.08. The van der Waals surface area contributed by atoms with E-state index >= 15 is 0 Å². The van der Waals surface area contributed by atoms with Gasteiger partial charge in [-0.25, -0.2) is 4.98 Å². The van der Waals surface area contributed by atoms with E-state index in [2.05, 4.69) is 10.3 Å². The lowest BCUT2D eigenvalue weighted by molar-refractivity contribution is -0.137. The number of para-hydroxylation sites is 1. The molecule has 0 radical (unpaired) electrons. The van der Waals surface area contributed by atoms with E-state index in [-0.39, 0.29) is 22.5 Å². The third-order valence-corrected chi connectivity index (χ3v) is 4.38. The first-order chi connectivity index (χ1) is 12.7. The molecule has 0 spiro atoms. The van der Waals surface area contributed by atoms with Crippen LogP contribution < -0.4 is 5.32 Å². The van der Waals surface area contributed by atoms with Crippen molar-refractivity contribution in [3.8, 4) is 5.69 Å². The van der Waals surface area contributed by atoms with Crippen molar-refractivity contribution in [3.63, 3.8) is 0 Å². The molecule has 1 N–H and O–H groups in total. The Kier molecular flexibility index (Phi) is 5.15. The number of alkyl halides is 3. The van der Waals surface area contributed by atoms with Crippen LogP contribution >= 0.6 is 11.6 Å². The minimum atomic E-state index is -4.56. The largest absolute Gasteiger partial charge is 0.417 e. The summed E-state index contributed by atoms with van der Waals surface area (Å²) in [5, 5.41) is 2.38. The van der Waals surface area contributed by atoms with E-state index in [9.17, 15) is 18.0 Å². The highest BCUT2D eigenvalue weighted by Gasteiger charge is 2.34. The van der Waals surface area contributed by atoms with Crippen molar-refractivity contribution >= 4 is 28.5 Å². The average molecular weight is 396 g/mol. The van der Waals surface area contributed by atoms with E-state index in [1.165, 1.54) is 13.0 Å². The molecule has 0 fully saturated rings. The summed E-state index contributed by atoms with van der Waals surface area (Å²) in [5.74, 6) is 0.347. The summed E-state index contributed by atoms with van der Waals surface area (Å²) in [4.78, 5) is 15.7. The Morgan fingerprint density at radius 1 is 1.26 bits per heavy atom. The van der Waals surface area contributed by atoms with Gasteiger partial charge in [-0.3, -0.25) is 9.36 Å². The fourth-order valence-corrected chi connectivity index (χ4v) is 3.30. The molecule has 0 aliphatic carbocycles. The lowest BCUT2D eigenvalue weighted by Crippen LogP contribution is -2.32. The zero-order valence-electron chi connectivity index (χ0n) is 14.6. The Bertz CT molecular complexity index is 983. The number of nitrogens with zero attached hydrogens (tertiary/aromatic N) is 2. The maximum absolute atomic E-state index is 13.2. The van der Waals surface area contributed by atoms with E-state index in [4.69, 9.17) is 11.6 Å². The zero-order chi connectivity index (χ0) is 19.8. The van der Waals surface area contributed by atoms with Crippen LogP contribution in [0.25, 0.3) is 16.7 Å². The Morgan fingerprint density at radius 3 is 2.52 bits per heavy atom. The lowest BCUT2D eigenvalue weighted by Gasteiger charge is -2.14. The Labute approximate surface area is 159 Å². The van der Waals surface area contributed by atoms with Crippen molar-refractivity contribution in [2.75, 3.05) is 0 Å². The van der Waals surface area contributed by atoms with Gasteiger partial charge in [0.05, 0.1) is 21.6 Å². The van der Waals surface area contributed by atoms with Crippen LogP contribution in [-0.2, 0) is 17.4 Å². The number of carbonyl (C=O) groups excluding carboxylic acids is 1. The van der Waals surface area contributed by atoms with Crippen LogP contribution in [0.1, 0.15) is 25.2 Å². The molecule has 142 valence electrons. The van der Waals surface area contributed by atoms with Crippen LogP contribution in [0.2, 0.25) is 5.02 Å². The average Bonchev–Trinajstić information content (AvgIpc) is 2.89. The molecule has 2 aromatic carbocycles. The molecular formula is C19H17ClF3N3O. The standard InChI is InChI=1S/C19H17ClF3N3O/c1-11(24-12(2)27)8-18-25-16-9-14(19(21,22)23)15(20)10-17(16)26(18)13-6-4-3-5-7-13/h3-7,9-11H,8H2,1-2H3,(H,24,27). The minimum absolute atomic E-state index is 0.188. The van der Waals surface area contributed by atoms with Crippen molar-refractivity contribution in [2.45, 2.75) is 32.5 Å². The number of nitrogens with one attached hydrogen (secondary N) is 1. The molecule has 0 aliphatic heterocycles. The fraction of sp³-hybridized carbons (Fsp3) is 0.263. The second-order valence-electron chi connectivity index (χ2n) is 6.32. The van der Waals surface area contributed by atoms with Crippen LogP contribution in [0.3, 0.4) is 0 Å². The molecule has 27 heavy (non-hydrogen) atoms. The third-order valence-electron chi connectivity index (χ3n) is 4.07. The summed E-state index contributed by atoms with van der Waals surface area (Å²) >= 11 is 5.91. The molecule has 0 aliphatic rings. The second-order valence-corrected chi connectivity index (χ2v) is 6.73. The van der Waals surface area contributed by atoms with Gasteiger partial charge < -0.3 is 5.32 Å². The molecule has 4 nitrogen and oxygen atoms in total. The summed E-state index contributed by atoms with van der Waals surface area (Å²) in [5.41, 5.74) is 0.501. The van der Waals surface area contributed by atoms with Gasteiger partial charge in [0.1, 0.15) is 5.82 Å². The van der Waals surface area contributed by atoms with Gasteiger partial charge in [-0.2, -0.15) is 13.2 Å². The smallest absolute Gasteiger partial charge is 0.353 e. The zero-order valence-corrected chi connectivity index (χ0v) is 15.4. The Balaban J connectivity index is 2.19. The van der Waals surface area contributed by atoms with Crippen molar-refractivity contribution in [3.05, 3.63) is 58.9 Å². The van der Waals surface area contributed by atoms with Crippen molar-refractivity contribution in [2.24, 2.45) is 0 Å². The topological polar surface area (TPSA) is 46.9 Å². The van der Waals surface area contributed by atoms with Gasteiger partial charge in [-0.1, -0.05) is 29.8 Å². The van der Waals surface area contributed by atoms with Crippen molar-refractivity contribution < 1.29 is 18.0 Å². The van der Waals surface area contributed by atoms with E-state index in [1.54, 1.807) is 4.57 Å². The van der Waals surface area contributed by atoms with E-state index < -0.39 is 11.7 Å². The molecule has 3 rings (SSSR count). The van der Waals surface area contributed by atoms with E-state index in [1.807, 2.05) is 37.3 Å². The lowest BCUT2D eigenvalue weighted by atomic mass is 10.2. The van der Waals surface area contributed by atoms with Crippen LogP contribution in [0.5, 0.6) is 0 Å². The summed E-state index contributed by atoms with van der Waals surface area (Å²) in [6.07, 6.45) is -4.21. The fourth-order valence-electron chi connectivity index (χ4n) is 3.04. The van der Waals surface area contributed by atoms with Crippen LogP contribution in [0.4, 0.5) is 13.2 Å².